The van der Waals surface area contributed by atoms with Gasteiger partial charge < -0.3 is 14.6 Å². The van der Waals surface area contributed by atoms with Gasteiger partial charge in [0.05, 0.1) is 19.8 Å². The van der Waals surface area contributed by atoms with Crippen molar-refractivity contribution in [3.05, 3.63) is 35.9 Å². The molecule has 0 saturated heterocycles. The molecule has 0 aliphatic heterocycles. The van der Waals surface area contributed by atoms with Crippen LogP contribution in [0.5, 0.6) is 0 Å². The average Bonchev–Trinajstić information content (AvgIpc) is 2.40. The molecule has 1 aromatic carbocycles. The molecular formula is C13H19NO4. The van der Waals surface area contributed by atoms with Crippen LogP contribution >= 0.6 is 0 Å². The van der Waals surface area contributed by atoms with E-state index in [0.29, 0.717) is 18.8 Å². The van der Waals surface area contributed by atoms with E-state index in [9.17, 15) is 9.90 Å². The Bertz CT molecular complexity index is 369. The molecular weight excluding hydrogens is 234 g/mol. The number of methoxy groups -OCH3 is 1. The lowest BCUT2D eigenvalue weighted by molar-refractivity contribution is -0.148. The summed E-state index contributed by atoms with van der Waals surface area (Å²) in [5.74, 6) is -0.964. The maximum atomic E-state index is 11.5. The van der Waals surface area contributed by atoms with E-state index in [2.05, 4.69) is 5.32 Å². The summed E-state index contributed by atoms with van der Waals surface area (Å²) >= 11 is 0. The molecule has 5 nitrogen and oxygen atoms in total. The Balaban J connectivity index is 2.85. The van der Waals surface area contributed by atoms with Crippen molar-refractivity contribution < 1.29 is 19.4 Å². The SMILES string of the molecule is CNC(COCCOC)(C(=O)O)c1ccccc1. The van der Waals surface area contributed by atoms with Gasteiger partial charge in [-0.3, -0.25) is 5.32 Å². The molecule has 1 atom stereocenters. The molecule has 0 heterocycles. The predicted molar refractivity (Wildman–Crippen MR) is 67.5 cm³/mol. The Morgan fingerprint density at radius 1 is 1.33 bits per heavy atom. The molecule has 0 saturated carbocycles. The molecule has 0 aromatic heterocycles. The molecule has 0 spiro atoms. The molecule has 100 valence electrons. The summed E-state index contributed by atoms with van der Waals surface area (Å²) in [7, 11) is 3.18. The second-order valence-electron chi connectivity index (χ2n) is 3.87. The van der Waals surface area contributed by atoms with E-state index in [1.165, 1.54) is 0 Å². The van der Waals surface area contributed by atoms with Crippen molar-refractivity contribution in [3.63, 3.8) is 0 Å². The summed E-state index contributed by atoms with van der Waals surface area (Å²) in [6, 6.07) is 8.99. The van der Waals surface area contributed by atoms with Crippen molar-refractivity contribution in [1.29, 1.82) is 0 Å². The highest BCUT2D eigenvalue weighted by Crippen LogP contribution is 2.21. The number of nitrogens with one attached hydrogen (secondary N) is 1. The van der Waals surface area contributed by atoms with Crippen LogP contribution in [-0.2, 0) is 19.8 Å². The van der Waals surface area contributed by atoms with Gasteiger partial charge in [0, 0.05) is 7.11 Å². The third kappa shape index (κ3) is 3.29. The van der Waals surface area contributed by atoms with Crippen LogP contribution in [0.1, 0.15) is 5.56 Å². The summed E-state index contributed by atoms with van der Waals surface area (Å²) in [5.41, 5.74) is -0.563. The van der Waals surface area contributed by atoms with Crippen LogP contribution in [0.15, 0.2) is 30.3 Å². The summed E-state index contributed by atoms with van der Waals surface area (Å²) in [6.07, 6.45) is 0. The van der Waals surface area contributed by atoms with E-state index in [1.54, 1.807) is 38.4 Å². The lowest BCUT2D eigenvalue weighted by Gasteiger charge is -2.29. The van der Waals surface area contributed by atoms with Crippen LogP contribution < -0.4 is 5.32 Å². The van der Waals surface area contributed by atoms with Gasteiger partial charge in [0.15, 0.2) is 5.54 Å². The number of hydrogen-bond acceptors (Lipinski definition) is 4. The maximum Gasteiger partial charge on any atom is 0.330 e. The zero-order chi connectivity index (χ0) is 13.4. The van der Waals surface area contributed by atoms with E-state index >= 15 is 0 Å². The molecule has 18 heavy (non-hydrogen) atoms. The van der Waals surface area contributed by atoms with Crippen molar-refractivity contribution in [2.45, 2.75) is 5.54 Å². The highest BCUT2D eigenvalue weighted by Gasteiger charge is 2.39. The monoisotopic (exact) mass is 253 g/mol. The van der Waals surface area contributed by atoms with Gasteiger partial charge in [-0.15, -0.1) is 0 Å². The molecule has 0 aliphatic rings. The third-order valence-corrected chi connectivity index (χ3v) is 2.81. The van der Waals surface area contributed by atoms with Crippen LogP contribution in [0, 0.1) is 0 Å². The second kappa shape index (κ2) is 7.10. The zero-order valence-electron chi connectivity index (χ0n) is 10.7. The number of carbonyl (C=O) groups is 1. The minimum atomic E-state index is -1.23. The second-order valence-corrected chi connectivity index (χ2v) is 3.87. The highest BCUT2D eigenvalue weighted by molar-refractivity contribution is 5.81. The predicted octanol–water partition coefficient (Wildman–Crippen LogP) is 0.849. The van der Waals surface area contributed by atoms with Crippen LogP contribution in [0.25, 0.3) is 0 Å². The topological polar surface area (TPSA) is 67.8 Å². The molecule has 2 N–H and O–H groups in total. The van der Waals surface area contributed by atoms with Gasteiger partial charge in [-0.2, -0.15) is 0 Å². The quantitative estimate of drug-likeness (QED) is 0.672. The fourth-order valence-corrected chi connectivity index (χ4v) is 1.68. The van der Waals surface area contributed by atoms with Crippen molar-refractivity contribution in [2.24, 2.45) is 0 Å². The van der Waals surface area contributed by atoms with Crippen molar-refractivity contribution >= 4 is 5.97 Å². The van der Waals surface area contributed by atoms with Crippen molar-refractivity contribution in [1.82, 2.24) is 5.32 Å². The van der Waals surface area contributed by atoms with Gasteiger partial charge in [-0.05, 0) is 12.6 Å². The van der Waals surface area contributed by atoms with Gasteiger partial charge in [0.25, 0.3) is 0 Å². The van der Waals surface area contributed by atoms with Crippen LogP contribution in [0.4, 0.5) is 0 Å². The first-order valence-corrected chi connectivity index (χ1v) is 5.72. The first-order chi connectivity index (χ1) is 8.67. The van der Waals surface area contributed by atoms with E-state index in [0.717, 1.165) is 0 Å². The molecule has 1 rings (SSSR count). The number of carboxylic acids is 1. The molecule has 1 unspecified atom stereocenters. The lowest BCUT2D eigenvalue weighted by atomic mass is 9.91. The third-order valence-electron chi connectivity index (χ3n) is 2.81. The summed E-state index contributed by atoms with van der Waals surface area (Å²) in [6.45, 7) is 0.848. The number of hydrogen-bond donors (Lipinski definition) is 2. The Kier molecular flexibility index (Phi) is 5.77. The molecule has 1 aromatic rings. The molecule has 0 fully saturated rings. The van der Waals surface area contributed by atoms with Gasteiger partial charge in [0.2, 0.25) is 0 Å². The standard InChI is InChI=1S/C13H19NO4/c1-14-13(12(15)16,10-18-9-8-17-2)11-6-4-3-5-7-11/h3-7,14H,8-10H2,1-2H3,(H,15,16). The fraction of sp³-hybridized carbons (Fsp3) is 0.462. The van der Waals surface area contributed by atoms with Gasteiger partial charge in [0.1, 0.15) is 0 Å². The smallest absolute Gasteiger partial charge is 0.330 e. The Hall–Kier alpha value is -1.43. The van der Waals surface area contributed by atoms with Crippen LogP contribution in [-0.4, -0.2) is 45.1 Å². The number of rotatable bonds is 8. The van der Waals surface area contributed by atoms with E-state index in [-0.39, 0.29) is 6.61 Å². The van der Waals surface area contributed by atoms with E-state index in [4.69, 9.17) is 9.47 Å². The number of likely N-dealkylation sites (N-methyl/N-ethyl adjacent to an activating group) is 1. The summed E-state index contributed by atoms with van der Waals surface area (Å²) in [4.78, 5) is 11.5. The number of benzene rings is 1. The Morgan fingerprint density at radius 3 is 2.50 bits per heavy atom. The van der Waals surface area contributed by atoms with Crippen LogP contribution in [0.2, 0.25) is 0 Å². The molecule has 0 amide bonds. The van der Waals surface area contributed by atoms with Crippen molar-refractivity contribution in [2.75, 3.05) is 34.0 Å². The maximum absolute atomic E-state index is 11.5. The minimum absolute atomic E-state index is 0.0478. The summed E-state index contributed by atoms with van der Waals surface area (Å²) in [5, 5.41) is 12.3. The Labute approximate surface area is 107 Å². The van der Waals surface area contributed by atoms with Gasteiger partial charge in [-0.25, -0.2) is 4.79 Å². The lowest BCUT2D eigenvalue weighted by Crippen LogP contribution is -2.51. The number of carboxylic acid groups (broad SMARTS) is 1. The van der Waals surface area contributed by atoms with Crippen LogP contribution in [0.3, 0.4) is 0 Å². The Morgan fingerprint density at radius 2 is 2.00 bits per heavy atom. The normalized spacial score (nSPS) is 14.1. The zero-order valence-corrected chi connectivity index (χ0v) is 10.7. The number of aliphatic carboxylic acids is 1. The largest absolute Gasteiger partial charge is 0.480 e. The van der Waals surface area contributed by atoms with Gasteiger partial charge in [-0.1, -0.05) is 30.3 Å². The molecule has 5 heteroatoms. The van der Waals surface area contributed by atoms with Crippen molar-refractivity contribution in [3.8, 4) is 0 Å². The average molecular weight is 253 g/mol. The van der Waals surface area contributed by atoms with E-state index in [1.807, 2.05) is 6.07 Å². The minimum Gasteiger partial charge on any atom is -0.480 e. The van der Waals surface area contributed by atoms with E-state index < -0.39 is 11.5 Å². The molecule has 0 bridgehead atoms. The molecule has 0 aliphatic carbocycles. The molecule has 0 radical (unpaired) electrons. The first kappa shape index (κ1) is 14.6. The fourth-order valence-electron chi connectivity index (χ4n) is 1.68. The highest BCUT2D eigenvalue weighted by atomic mass is 16.5. The first-order valence-electron chi connectivity index (χ1n) is 5.72. The van der Waals surface area contributed by atoms with Gasteiger partial charge >= 0.3 is 5.97 Å². The number of ether oxygens (including phenoxy) is 2. The summed E-state index contributed by atoms with van der Waals surface area (Å²) < 4.78 is 10.2.